The lowest BCUT2D eigenvalue weighted by molar-refractivity contribution is 0.424. The molecular weight excluding hydrogens is 371 g/mol. The summed E-state index contributed by atoms with van der Waals surface area (Å²) in [5.74, 6) is -0.550. The number of rotatable bonds is 4. The zero-order valence-corrected chi connectivity index (χ0v) is 13.8. The topological polar surface area (TPSA) is 58.2 Å². The van der Waals surface area contributed by atoms with Crippen molar-refractivity contribution in [2.75, 3.05) is 17.0 Å². The van der Waals surface area contributed by atoms with E-state index in [2.05, 4.69) is 26.0 Å². The van der Waals surface area contributed by atoms with Gasteiger partial charge >= 0.3 is 0 Å². The molecule has 1 aromatic carbocycles. The van der Waals surface area contributed by atoms with Crippen LogP contribution in [-0.4, -0.2) is 26.8 Å². The van der Waals surface area contributed by atoms with Crippen molar-refractivity contribution in [2.24, 2.45) is 0 Å². The molecule has 0 amide bonds. The van der Waals surface area contributed by atoms with Gasteiger partial charge in [-0.2, -0.15) is 0 Å². The molecule has 1 aromatic rings. The number of benzene rings is 1. The number of halogens is 3. The van der Waals surface area contributed by atoms with Crippen molar-refractivity contribution in [3.8, 4) is 0 Å². The molecule has 0 saturated carbocycles. The van der Waals surface area contributed by atoms with Gasteiger partial charge in [-0.3, -0.25) is 4.72 Å². The monoisotopic (exact) mass is 384 g/mol. The van der Waals surface area contributed by atoms with Crippen LogP contribution in [0.1, 0.15) is 19.3 Å². The van der Waals surface area contributed by atoms with Crippen LogP contribution in [0.25, 0.3) is 0 Å². The van der Waals surface area contributed by atoms with Gasteiger partial charge in [-0.05, 0) is 47.4 Å². The number of sulfonamides is 1. The fraction of sp³-hybridized carbons (Fsp3) is 0.500. The maximum Gasteiger partial charge on any atom is 0.234 e. The molecule has 1 unspecified atom stereocenters. The van der Waals surface area contributed by atoms with Crippen LogP contribution >= 0.6 is 27.5 Å². The van der Waals surface area contributed by atoms with E-state index in [1.807, 2.05) is 0 Å². The van der Waals surface area contributed by atoms with Gasteiger partial charge in [0.1, 0.15) is 5.82 Å². The Labute approximate surface area is 131 Å². The lowest BCUT2D eigenvalue weighted by Crippen LogP contribution is -2.40. The molecule has 20 heavy (non-hydrogen) atoms. The minimum absolute atomic E-state index is 0.0207. The van der Waals surface area contributed by atoms with Gasteiger partial charge in [-0.1, -0.05) is 18.0 Å². The van der Waals surface area contributed by atoms with E-state index in [-0.39, 0.29) is 27.0 Å². The average molecular weight is 386 g/mol. The van der Waals surface area contributed by atoms with E-state index in [1.165, 1.54) is 6.07 Å². The fourth-order valence-corrected chi connectivity index (χ4v) is 4.68. The molecule has 1 aliphatic heterocycles. The molecule has 0 aliphatic carbocycles. The van der Waals surface area contributed by atoms with Crippen LogP contribution in [0.3, 0.4) is 0 Å². The molecular formula is C12H15BrClFN2O2S. The minimum Gasteiger partial charge on any atom is -0.313 e. The van der Waals surface area contributed by atoms with E-state index >= 15 is 0 Å². The number of piperidine rings is 1. The lowest BCUT2D eigenvalue weighted by Gasteiger charge is -2.23. The Hall–Kier alpha value is -0.370. The maximum absolute atomic E-state index is 13.1. The van der Waals surface area contributed by atoms with Crippen LogP contribution < -0.4 is 10.0 Å². The van der Waals surface area contributed by atoms with E-state index in [1.54, 1.807) is 0 Å². The second kappa shape index (κ2) is 6.60. The van der Waals surface area contributed by atoms with Crippen molar-refractivity contribution >= 4 is 43.2 Å². The Bertz CT molecular complexity index is 568. The SMILES string of the molecule is O=S(=O)(CC1CCCCN1)Nc1c(Cl)cc(F)cc1Br. The summed E-state index contributed by atoms with van der Waals surface area (Å²) in [6.07, 6.45) is 2.92. The number of nitrogens with one attached hydrogen (secondary N) is 2. The second-order valence-electron chi connectivity index (χ2n) is 4.77. The highest BCUT2D eigenvalue weighted by atomic mass is 79.9. The standard InChI is InChI=1S/C12H15BrClFN2O2S/c13-10-5-8(15)6-11(14)12(10)17-20(18,19)7-9-3-1-2-4-16-9/h5-6,9,16-17H,1-4,7H2. The first-order chi connectivity index (χ1) is 9.37. The number of hydrogen-bond acceptors (Lipinski definition) is 3. The van der Waals surface area contributed by atoms with Crippen molar-refractivity contribution < 1.29 is 12.8 Å². The van der Waals surface area contributed by atoms with Crippen molar-refractivity contribution in [3.63, 3.8) is 0 Å². The first kappa shape index (κ1) is 16.0. The second-order valence-corrected chi connectivity index (χ2v) is 7.80. The van der Waals surface area contributed by atoms with E-state index in [9.17, 15) is 12.8 Å². The zero-order valence-electron chi connectivity index (χ0n) is 10.6. The Morgan fingerprint density at radius 2 is 2.20 bits per heavy atom. The Morgan fingerprint density at radius 1 is 1.45 bits per heavy atom. The van der Waals surface area contributed by atoms with E-state index < -0.39 is 15.8 Å². The largest absolute Gasteiger partial charge is 0.313 e. The molecule has 1 aliphatic rings. The summed E-state index contributed by atoms with van der Waals surface area (Å²) in [5.41, 5.74) is 0.170. The van der Waals surface area contributed by atoms with Crippen LogP contribution in [0.2, 0.25) is 5.02 Å². The summed E-state index contributed by atoms with van der Waals surface area (Å²) >= 11 is 8.98. The van der Waals surface area contributed by atoms with Gasteiger partial charge in [-0.25, -0.2) is 12.8 Å². The normalized spacial score (nSPS) is 19.9. The summed E-state index contributed by atoms with van der Waals surface area (Å²) in [5, 5.41) is 3.20. The summed E-state index contributed by atoms with van der Waals surface area (Å²) < 4.78 is 40.1. The predicted octanol–water partition coefficient (Wildman–Crippen LogP) is 3.13. The van der Waals surface area contributed by atoms with Crippen molar-refractivity contribution in [2.45, 2.75) is 25.3 Å². The van der Waals surface area contributed by atoms with Crippen LogP contribution in [0.15, 0.2) is 16.6 Å². The first-order valence-corrected chi connectivity index (χ1v) is 9.08. The number of anilines is 1. The van der Waals surface area contributed by atoms with Crippen molar-refractivity contribution in [1.82, 2.24) is 5.32 Å². The van der Waals surface area contributed by atoms with Crippen LogP contribution in [-0.2, 0) is 10.0 Å². The Balaban J connectivity index is 2.11. The summed E-state index contributed by atoms with van der Waals surface area (Å²) in [6, 6.07) is 2.19. The van der Waals surface area contributed by atoms with Crippen molar-refractivity contribution in [3.05, 3.63) is 27.4 Å². The molecule has 8 heteroatoms. The van der Waals surface area contributed by atoms with E-state index in [0.717, 1.165) is 31.9 Å². The molecule has 2 rings (SSSR count). The summed E-state index contributed by atoms with van der Waals surface area (Å²) in [6.45, 7) is 0.835. The van der Waals surface area contributed by atoms with Crippen LogP contribution in [0.4, 0.5) is 10.1 Å². The van der Waals surface area contributed by atoms with Crippen LogP contribution in [0, 0.1) is 5.82 Å². The van der Waals surface area contributed by atoms with E-state index in [4.69, 9.17) is 11.6 Å². The highest BCUT2D eigenvalue weighted by Gasteiger charge is 2.22. The van der Waals surface area contributed by atoms with Gasteiger partial charge in [0.15, 0.2) is 0 Å². The van der Waals surface area contributed by atoms with Gasteiger partial charge in [0.05, 0.1) is 16.5 Å². The van der Waals surface area contributed by atoms with Gasteiger partial charge in [0.2, 0.25) is 10.0 Å². The summed E-state index contributed by atoms with van der Waals surface area (Å²) in [7, 11) is -3.54. The molecule has 0 spiro atoms. The average Bonchev–Trinajstić information content (AvgIpc) is 2.34. The molecule has 1 heterocycles. The van der Waals surface area contributed by atoms with Crippen LogP contribution in [0.5, 0.6) is 0 Å². The highest BCUT2D eigenvalue weighted by Crippen LogP contribution is 2.32. The zero-order chi connectivity index (χ0) is 14.8. The van der Waals surface area contributed by atoms with Gasteiger partial charge in [-0.15, -0.1) is 0 Å². The molecule has 1 saturated heterocycles. The quantitative estimate of drug-likeness (QED) is 0.837. The third-order valence-corrected chi connectivity index (χ3v) is 5.38. The Morgan fingerprint density at radius 3 is 2.80 bits per heavy atom. The maximum atomic E-state index is 13.1. The summed E-state index contributed by atoms with van der Waals surface area (Å²) in [4.78, 5) is 0. The van der Waals surface area contributed by atoms with Gasteiger partial charge in [0.25, 0.3) is 0 Å². The molecule has 1 fully saturated rings. The van der Waals surface area contributed by atoms with Gasteiger partial charge in [0, 0.05) is 10.5 Å². The lowest BCUT2D eigenvalue weighted by atomic mass is 10.1. The van der Waals surface area contributed by atoms with Crippen molar-refractivity contribution in [1.29, 1.82) is 0 Å². The fourth-order valence-electron chi connectivity index (χ4n) is 2.17. The molecule has 2 N–H and O–H groups in total. The van der Waals surface area contributed by atoms with E-state index in [0.29, 0.717) is 0 Å². The highest BCUT2D eigenvalue weighted by molar-refractivity contribution is 9.10. The third kappa shape index (κ3) is 4.31. The molecule has 0 bridgehead atoms. The van der Waals surface area contributed by atoms with Gasteiger partial charge < -0.3 is 5.32 Å². The minimum atomic E-state index is -3.54. The number of hydrogen-bond donors (Lipinski definition) is 2. The smallest absolute Gasteiger partial charge is 0.234 e. The predicted molar refractivity (Wildman–Crippen MR) is 82.2 cm³/mol. The Kier molecular flexibility index (Phi) is 5.28. The molecule has 112 valence electrons. The molecule has 0 radical (unpaired) electrons. The molecule has 4 nitrogen and oxygen atoms in total. The first-order valence-electron chi connectivity index (χ1n) is 6.26. The molecule has 0 aromatic heterocycles. The third-order valence-electron chi connectivity index (χ3n) is 3.10. The molecule has 1 atom stereocenters.